The van der Waals surface area contributed by atoms with Crippen LogP contribution in [0.2, 0.25) is 0 Å². The zero-order valence-electron chi connectivity index (χ0n) is 12.5. The van der Waals surface area contributed by atoms with Crippen molar-refractivity contribution in [3.63, 3.8) is 0 Å². The standard InChI is InChI=1S/C15H30N2S/c1-5-18-13-8-6-7-12(13)17-10-9-16-14(11-17)15(2,3)4/h12-14,16H,5-11H2,1-4H3. The molecule has 3 atom stereocenters. The summed E-state index contributed by atoms with van der Waals surface area (Å²) in [6.45, 7) is 13.0. The fraction of sp³-hybridized carbons (Fsp3) is 1.00. The van der Waals surface area contributed by atoms with Crippen LogP contribution in [-0.2, 0) is 0 Å². The molecule has 1 saturated heterocycles. The Morgan fingerprint density at radius 3 is 2.72 bits per heavy atom. The van der Waals surface area contributed by atoms with E-state index in [4.69, 9.17) is 0 Å². The van der Waals surface area contributed by atoms with Crippen LogP contribution in [0, 0.1) is 5.41 Å². The van der Waals surface area contributed by atoms with Crippen LogP contribution in [0.15, 0.2) is 0 Å². The summed E-state index contributed by atoms with van der Waals surface area (Å²) in [6.07, 6.45) is 4.30. The van der Waals surface area contributed by atoms with E-state index in [2.05, 4.69) is 49.7 Å². The Kier molecular flexibility index (Phi) is 5.01. The van der Waals surface area contributed by atoms with Crippen molar-refractivity contribution < 1.29 is 0 Å². The Morgan fingerprint density at radius 2 is 2.06 bits per heavy atom. The summed E-state index contributed by atoms with van der Waals surface area (Å²) in [5.74, 6) is 1.27. The van der Waals surface area contributed by atoms with Crippen LogP contribution in [-0.4, -0.2) is 47.6 Å². The second kappa shape index (κ2) is 6.15. The van der Waals surface area contributed by atoms with Gasteiger partial charge in [0.25, 0.3) is 0 Å². The summed E-state index contributed by atoms with van der Waals surface area (Å²) < 4.78 is 0. The fourth-order valence-corrected chi connectivity index (χ4v) is 4.68. The first kappa shape index (κ1) is 14.7. The predicted octanol–water partition coefficient (Wildman–Crippen LogP) is 2.98. The highest BCUT2D eigenvalue weighted by Crippen LogP contribution is 2.34. The second-order valence-corrected chi connectivity index (χ2v) is 8.38. The van der Waals surface area contributed by atoms with E-state index in [1.54, 1.807) is 0 Å². The minimum Gasteiger partial charge on any atom is -0.311 e. The van der Waals surface area contributed by atoms with Crippen LogP contribution >= 0.6 is 11.8 Å². The van der Waals surface area contributed by atoms with E-state index in [0.29, 0.717) is 11.5 Å². The number of thioether (sulfide) groups is 1. The Labute approximate surface area is 117 Å². The smallest absolute Gasteiger partial charge is 0.0244 e. The number of rotatable bonds is 3. The largest absolute Gasteiger partial charge is 0.311 e. The lowest BCUT2D eigenvalue weighted by Gasteiger charge is -2.44. The lowest BCUT2D eigenvalue weighted by molar-refractivity contribution is 0.101. The molecule has 3 heteroatoms. The lowest BCUT2D eigenvalue weighted by atomic mass is 9.85. The van der Waals surface area contributed by atoms with Crippen molar-refractivity contribution in [2.24, 2.45) is 5.41 Å². The van der Waals surface area contributed by atoms with Gasteiger partial charge in [0.1, 0.15) is 0 Å². The summed E-state index contributed by atoms with van der Waals surface area (Å²) in [4.78, 5) is 2.78. The molecule has 1 saturated carbocycles. The highest BCUT2D eigenvalue weighted by atomic mass is 32.2. The van der Waals surface area contributed by atoms with Crippen LogP contribution < -0.4 is 5.32 Å². The number of nitrogens with one attached hydrogen (secondary N) is 1. The molecule has 0 bridgehead atoms. The second-order valence-electron chi connectivity index (χ2n) is 6.86. The molecular weight excluding hydrogens is 240 g/mol. The zero-order valence-corrected chi connectivity index (χ0v) is 13.4. The van der Waals surface area contributed by atoms with Gasteiger partial charge in [-0.1, -0.05) is 34.1 Å². The summed E-state index contributed by atoms with van der Waals surface area (Å²) in [5, 5.41) is 4.61. The normalized spacial score (nSPS) is 35.0. The van der Waals surface area contributed by atoms with Crippen LogP contribution in [0.5, 0.6) is 0 Å². The van der Waals surface area contributed by atoms with Crippen molar-refractivity contribution in [3.8, 4) is 0 Å². The van der Waals surface area contributed by atoms with Gasteiger partial charge in [-0.25, -0.2) is 0 Å². The Hall–Kier alpha value is 0.270. The third-order valence-corrected chi connectivity index (χ3v) is 5.83. The Morgan fingerprint density at radius 1 is 1.28 bits per heavy atom. The summed E-state index contributed by atoms with van der Waals surface area (Å²) in [6, 6.07) is 1.50. The first-order chi connectivity index (χ1) is 8.52. The molecule has 0 amide bonds. The monoisotopic (exact) mass is 270 g/mol. The van der Waals surface area contributed by atoms with Gasteiger partial charge in [0.05, 0.1) is 0 Å². The first-order valence-electron chi connectivity index (χ1n) is 7.61. The summed E-state index contributed by atoms with van der Waals surface area (Å²) in [7, 11) is 0. The molecule has 2 rings (SSSR count). The Bertz CT molecular complexity index is 262. The van der Waals surface area contributed by atoms with Gasteiger partial charge >= 0.3 is 0 Å². The van der Waals surface area contributed by atoms with Gasteiger partial charge in [-0.15, -0.1) is 0 Å². The number of hydrogen-bond acceptors (Lipinski definition) is 3. The highest BCUT2D eigenvalue weighted by molar-refractivity contribution is 7.99. The highest BCUT2D eigenvalue weighted by Gasteiger charge is 2.37. The molecule has 2 fully saturated rings. The van der Waals surface area contributed by atoms with E-state index < -0.39 is 0 Å². The Balaban J connectivity index is 1.96. The maximum atomic E-state index is 3.71. The van der Waals surface area contributed by atoms with Crippen molar-refractivity contribution in [1.29, 1.82) is 0 Å². The summed E-state index contributed by atoms with van der Waals surface area (Å²) in [5.41, 5.74) is 0.380. The van der Waals surface area contributed by atoms with Crippen molar-refractivity contribution in [3.05, 3.63) is 0 Å². The van der Waals surface area contributed by atoms with E-state index in [-0.39, 0.29) is 0 Å². The van der Waals surface area contributed by atoms with Gasteiger partial charge in [0.15, 0.2) is 0 Å². The van der Waals surface area contributed by atoms with Gasteiger partial charge in [-0.05, 0) is 24.0 Å². The van der Waals surface area contributed by atoms with Crippen LogP contribution in [0.1, 0.15) is 47.0 Å². The molecule has 3 unspecified atom stereocenters. The fourth-order valence-electron chi connectivity index (χ4n) is 3.39. The molecule has 0 radical (unpaired) electrons. The minimum absolute atomic E-state index is 0.380. The van der Waals surface area contributed by atoms with Crippen LogP contribution in [0.3, 0.4) is 0 Å². The quantitative estimate of drug-likeness (QED) is 0.849. The number of nitrogens with zero attached hydrogens (tertiary/aromatic N) is 1. The molecule has 2 aliphatic rings. The van der Waals surface area contributed by atoms with Crippen LogP contribution in [0.4, 0.5) is 0 Å². The maximum absolute atomic E-state index is 3.71. The molecule has 2 nitrogen and oxygen atoms in total. The SMILES string of the molecule is CCSC1CCCC1N1CCNC(C(C)(C)C)C1. The van der Waals surface area contributed by atoms with Gasteiger partial charge in [-0.2, -0.15) is 11.8 Å². The van der Waals surface area contributed by atoms with E-state index in [1.165, 1.54) is 44.6 Å². The van der Waals surface area contributed by atoms with Crippen molar-refractivity contribution >= 4 is 11.8 Å². The van der Waals surface area contributed by atoms with E-state index >= 15 is 0 Å². The number of hydrogen-bond donors (Lipinski definition) is 1. The molecule has 0 aromatic rings. The molecule has 106 valence electrons. The average molecular weight is 270 g/mol. The van der Waals surface area contributed by atoms with Crippen molar-refractivity contribution in [2.75, 3.05) is 25.4 Å². The van der Waals surface area contributed by atoms with Gasteiger partial charge in [-0.3, -0.25) is 4.90 Å². The van der Waals surface area contributed by atoms with E-state index in [1.807, 2.05) is 0 Å². The summed E-state index contributed by atoms with van der Waals surface area (Å²) >= 11 is 2.19. The van der Waals surface area contributed by atoms with Gasteiger partial charge in [0.2, 0.25) is 0 Å². The van der Waals surface area contributed by atoms with Gasteiger partial charge in [0, 0.05) is 37.0 Å². The van der Waals surface area contributed by atoms with Crippen LogP contribution in [0.25, 0.3) is 0 Å². The topological polar surface area (TPSA) is 15.3 Å². The third kappa shape index (κ3) is 3.43. The first-order valence-corrected chi connectivity index (χ1v) is 8.66. The van der Waals surface area contributed by atoms with Crippen molar-refractivity contribution in [1.82, 2.24) is 10.2 Å². The zero-order chi connectivity index (χ0) is 13.2. The predicted molar refractivity (Wildman–Crippen MR) is 82.4 cm³/mol. The van der Waals surface area contributed by atoms with Crippen molar-refractivity contribution in [2.45, 2.75) is 64.3 Å². The average Bonchev–Trinajstić information content (AvgIpc) is 2.77. The molecule has 0 spiro atoms. The van der Waals surface area contributed by atoms with E-state index in [9.17, 15) is 0 Å². The molecule has 0 aromatic heterocycles. The number of piperazine rings is 1. The maximum Gasteiger partial charge on any atom is 0.0244 e. The molecule has 1 N–H and O–H groups in total. The van der Waals surface area contributed by atoms with Gasteiger partial charge < -0.3 is 5.32 Å². The molecule has 1 aliphatic carbocycles. The molecule has 1 aliphatic heterocycles. The third-order valence-electron chi connectivity index (χ3n) is 4.52. The molecule has 18 heavy (non-hydrogen) atoms. The molecule has 1 heterocycles. The minimum atomic E-state index is 0.380. The molecule has 0 aromatic carbocycles. The van der Waals surface area contributed by atoms with E-state index in [0.717, 1.165) is 11.3 Å². The lowest BCUT2D eigenvalue weighted by Crippen LogP contribution is -2.59. The molecular formula is C15H30N2S.